The molecule has 0 aliphatic carbocycles. The molecule has 1 aromatic carbocycles. The molecule has 1 unspecified atom stereocenters. The van der Waals surface area contributed by atoms with Crippen LogP contribution < -0.4 is 20.1 Å². The van der Waals surface area contributed by atoms with E-state index in [9.17, 15) is 4.79 Å². The monoisotopic (exact) mass is 343 g/mol. The number of hydrogen-bond acceptors (Lipinski definition) is 5. The van der Waals surface area contributed by atoms with Gasteiger partial charge >= 0.3 is 0 Å². The third kappa shape index (κ3) is 5.99. The molecule has 0 bridgehead atoms. The quantitative estimate of drug-likeness (QED) is 0.685. The number of amides is 1. The van der Waals surface area contributed by atoms with Gasteiger partial charge in [-0.1, -0.05) is 6.92 Å². The number of nitrogens with zero attached hydrogens (tertiary/aromatic N) is 1. The van der Waals surface area contributed by atoms with Crippen molar-refractivity contribution in [3.8, 4) is 11.5 Å². The smallest absolute Gasteiger partial charge is 0.270 e. The Morgan fingerprint density at radius 2 is 1.88 bits per heavy atom. The maximum absolute atomic E-state index is 12.0. The van der Waals surface area contributed by atoms with E-state index in [1.165, 1.54) is 0 Å². The van der Waals surface area contributed by atoms with Crippen LogP contribution in [0.4, 0.5) is 5.69 Å². The minimum Gasteiger partial charge on any atom is -0.497 e. The average molecular weight is 343 g/mol. The third-order valence-electron chi connectivity index (χ3n) is 3.75. The van der Waals surface area contributed by atoms with Gasteiger partial charge in [-0.05, 0) is 49.7 Å². The topological polar surface area (TPSA) is 72.5 Å². The molecule has 0 aliphatic heterocycles. The van der Waals surface area contributed by atoms with E-state index in [2.05, 4.69) is 15.6 Å². The van der Waals surface area contributed by atoms with Gasteiger partial charge in [0.15, 0.2) is 0 Å². The maximum Gasteiger partial charge on any atom is 0.270 e. The van der Waals surface area contributed by atoms with E-state index in [-0.39, 0.29) is 11.9 Å². The second-order valence-corrected chi connectivity index (χ2v) is 5.67. The summed E-state index contributed by atoms with van der Waals surface area (Å²) in [6.07, 6.45) is 2.54. The highest BCUT2D eigenvalue weighted by Crippen LogP contribution is 2.16. The van der Waals surface area contributed by atoms with Crippen molar-refractivity contribution < 1.29 is 14.3 Å². The number of benzene rings is 1. The Kier molecular flexibility index (Phi) is 7.07. The molecule has 2 N–H and O–H groups in total. The Bertz CT molecular complexity index is 657. The first kappa shape index (κ1) is 18.6. The Morgan fingerprint density at radius 3 is 2.48 bits per heavy atom. The minimum atomic E-state index is -0.149. The van der Waals surface area contributed by atoms with Gasteiger partial charge in [0.2, 0.25) is 0 Å². The zero-order valence-corrected chi connectivity index (χ0v) is 14.9. The fraction of sp³-hybridized carbons (Fsp3) is 0.368. The zero-order chi connectivity index (χ0) is 18.1. The molecule has 0 aliphatic rings. The predicted molar refractivity (Wildman–Crippen MR) is 98.4 cm³/mol. The lowest BCUT2D eigenvalue weighted by Crippen LogP contribution is -2.32. The summed E-state index contributed by atoms with van der Waals surface area (Å²) in [4.78, 5) is 16.2. The molecule has 1 aromatic heterocycles. The van der Waals surface area contributed by atoms with Gasteiger partial charge in [0, 0.05) is 12.6 Å². The maximum atomic E-state index is 12.0. The van der Waals surface area contributed by atoms with Crippen LogP contribution in [0.2, 0.25) is 0 Å². The van der Waals surface area contributed by atoms with Crippen molar-refractivity contribution in [2.75, 3.05) is 25.6 Å². The van der Waals surface area contributed by atoms with E-state index in [0.717, 1.165) is 23.6 Å². The highest BCUT2D eigenvalue weighted by atomic mass is 16.5. The van der Waals surface area contributed by atoms with Crippen molar-refractivity contribution in [2.45, 2.75) is 26.3 Å². The van der Waals surface area contributed by atoms with Gasteiger partial charge in [-0.2, -0.15) is 0 Å². The Morgan fingerprint density at radius 1 is 1.16 bits per heavy atom. The summed E-state index contributed by atoms with van der Waals surface area (Å²) in [6.45, 7) is 5.14. The number of anilines is 1. The van der Waals surface area contributed by atoms with Gasteiger partial charge < -0.3 is 20.1 Å². The second-order valence-electron chi connectivity index (χ2n) is 5.67. The number of carbonyl (C=O) groups excluding carboxylic acids is 1. The average Bonchev–Trinajstić information content (AvgIpc) is 2.66. The van der Waals surface area contributed by atoms with Crippen LogP contribution in [-0.4, -0.2) is 37.2 Å². The first-order valence-corrected chi connectivity index (χ1v) is 8.40. The van der Waals surface area contributed by atoms with Crippen molar-refractivity contribution in [3.63, 3.8) is 0 Å². The predicted octanol–water partition coefficient (Wildman–Crippen LogP) is 3.11. The lowest BCUT2D eigenvalue weighted by molar-refractivity contribution is 0.0934. The van der Waals surface area contributed by atoms with Crippen LogP contribution in [-0.2, 0) is 0 Å². The highest BCUT2D eigenvalue weighted by molar-refractivity contribution is 5.92. The third-order valence-corrected chi connectivity index (χ3v) is 3.75. The summed E-state index contributed by atoms with van der Waals surface area (Å²) in [5.74, 6) is 1.44. The van der Waals surface area contributed by atoms with Crippen molar-refractivity contribution in [3.05, 3.63) is 48.3 Å². The van der Waals surface area contributed by atoms with Crippen molar-refractivity contribution >= 4 is 11.6 Å². The summed E-state index contributed by atoms with van der Waals surface area (Å²) >= 11 is 0. The van der Waals surface area contributed by atoms with Gasteiger partial charge in [0.05, 0.1) is 19.0 Å². The number of hydrogen-bond donors (Lipinski definition) is 2. The number of nitrogens with one attached hydrogen (secondary N) is 2. The molecule has 1 amide bonds. The van der Waals surface area contributed by atoms with E-state index in [1.807, 2.05) is 44.2 Å². The number of carbonyl (C=O) groups is 1. The number of rotatable bonds is 9. The van der Waals surface area contributed by atoms with E-state index < -0.39 is 0 Å². The van der Waals surface area contributed by atoms with Crippen LogP contribution in [0.1, 0.15) is 30.8 Å². The highest BCUT2D eigenvalue weighted by Gasteiger charge is 2.09. The van der Waals surface area contributed by atoms with Gasteiger partial charge in [0.25, 0.3) is 5.91 Å². The number of ether oxygens (including phenoxy) is 2. The van der Waals surface area contributed by atoms with Crippen molar-refractivity contribution in [1.82, 2.24) is 10.3 Å². The van der Waals surface area contributed by atoms with Gasteiger partial charge in [-0.3, -0.25) is 4.79 Å². The fourth-order valence-corrected chi connectivity index (χ4v) is 2.07. The molecule has 1 atom stereocenters. The van der Waals surface area contributed by atoms with Crippen LogP contribution in [0.25, 0.3) is 0 Å². The van der Waals surface area contributed by atoms with Gasteiger partial charge in [-0.25, -0.2) is 4.98 Å². The number of aromatic nitrogens is 1. The summed E-state index contributed by atoms with van der Waals surface area (Å²) in [5.41, 5.74) is 1.26. The van der Waals surface area contributed by atoms with Gasteiger partial charge in [-0.15, -0.1) is 0 Å². The molecule has 25 heavy (non-hydrogen) atoms. The standard InChI is InChI=1S/C19H25N3O3/c1-4-14(2)22-19(23)18-10-5-15(13-21-18)20-11-12-25-17-8-6-16(24-3)7-9-17/h5-10,13-14,20H,4,11-12H2,1-3H3,(H,22,23). The van der Waals surface area contributed by atoms with Crippen LogP contribution in [0.15, 0.2) is 42.6 Å². The molecule has 0 radical (unpaired) electrons. The first-order valence-electron chi connectivity index (χ1n) is 8.40. The van der Waals surface area contributed by atoms with E-state index >= 15 is 0 Å². The molecule has 0 spiro atoms. The molecule has 0 fully saturated rings. The molecular formula is C19H25N3O3. The molecular weight excluding hydrogens is 318 g/mol. The summed E-state index contributed by atoms with van der Waals surface area (Å²) in [6, 6.07) is 11.1. The first-order chi connectivity index (χ1) is 12.1. The fourth-order valence-electron chi connectivity index (χ4n) is 2.07. The van der Waals surface area contributed by atoms with Crippen LogP contribution in [0, 0.1) is 0 Å². The van der Waals surface area contributed by atoms with Gasteiger partial charge in [0.1, 0.15) is 23.8 Å². The Balaban J connectivity index is 1.74. The lowest BCUT2D eigenvalue weighted by Gasteiger charge is -2.11. The zero-order valence-electron chi connectivity index (χ0n) is 14.9. The van der Waals surface area contributed by atoms with Crippen LogP contribution in [0.5, 0.6) is 11.5 Å². The van der Waals surface area contributed by atoms with Crippen molar-refractivity contribution in [1.29, 1.82) is 0 Å². The normalized spacial score (nSPS) is 11.5. The van der Waals surface area contributed by atoms with Crippen LogP contribution >= 0.6 is 0 Å². The Hall–Kier alpha value is -2.76. The lowest BCUT2D eigenvalue weighted by atomic mass is 10.2. The molecule has 1 heterocycles. The second kappa shape index (κ2) is 9.52. The van der Waals surface area contributed by atoms with E-state index in [0.29, 0.717) is 18.8 Å². The van der Waals surface area contributed by atoms with Crippen molar-refractivity contribution in [2.24, 2.45) is 0 Å². The van der Waals surface area contributed by atoms with E-state index in [1.54, 1.807) is 19.4 Å². The molecule has 0 saturated carbocycles. The SMILES string of the molecule is CCC(C)NC(=O)c1ccc(NCCOc2ccc(OC)cc2)cn1. The Labute approximate surface area is 148 Å². The molecule has 6 nitrogen and oxygen atoms in total. The molecule has 6 heteroatoms. The van der Waals surface area contributed by atoms with E-state index in [4.69, 9.17) is 9.47 Å². The molecule has 2 aromatic rings. The molecule has 2 rings (SSSR count). The number of pyridine rings is 1. The summed E-state index contributed by atoms with van der Waals surface area (Å²) in [5, 5.41) is 6.10. The summed E-state index contributed by atoms with van der Waals surface area (Å²) < 4.78 is 10.7. The largest absolute Gasteiger partial charge is 0.497 e. The summed E-state index contributed by atoms with van der Waals surface area (Å²) in [7, 11) is 1.63. The van der Waals surface area contributed by atoms with Crippen LogP contribution in [0.3, 0.4) is 0 Å². The molecule has 0 saturated heterocycles. The number of methoxy groups -OCH3 is 1. The minimum absolute atomic E-state index is 0.141. The molecule has 134 valence electrons.